The number of halogens is 1. The van der Waals surface area contributed by atoms with Gasteiger partial charge in [-0.05, 0) is 49.3 Å². The fraction of sp³-hybridized carbons (Fsp3) is 0.647. The lowest BCUT2D eigenvalue weighted by Gasteiger charge is -2.23. The van der Waals surface area contributed by atoms with Gasteiger partial charge < -0.3 is 4.42 Å². The van der Waals surface area contributed by atoms with Gasteiger partial charge in [-0.1, -0.05) is 47.7 Å². The predicted molar refractivity (Wildman–Crippen MR) is 83.6 cm³/mol. The lowest BCUT2D eigenvalue weighted by atomic mass is 9.84. The Kier molecular flexibility index (Phi) is 4.16. The van der Waals surface area contributed by atoms with Crippen molar-refractivity contribution < 1.29 is 4.42 Å². The molecular weight excluding hydrogens is 300 g/mol. The van der Waals surface area contributed by atoms with Gasteiger partial charge in [0.1, 0.15) is 11.5 Å². The van der Waals surface area contributed by atoms with Crippen molar-refractivity contribution in [1.29, 1.82) is 0 Å². The number of hydrogen-bond acceptors (Lipinski definition) is 1. The molecule has 0 N–H and O–H groups in total. The summed E-state index contributed by atoms with van der Waals surface area (Å²) in [6, 6.07) is 4.32. The van der Waals surface area contributed by atoms with Crippen LogP contribution in [0.1, 0.15) is 62.9 Å². The van der Waals surface area contributed by atoms with Gasteiger partial charge in [0.05, 0.1) is 0 Å². The third kappa shape index (κ3) is 3.16. The van der Waals surface area contributed by atoms with Gasteiger partial charge in [-0.2, -0.15) is 0 Å². The standard InChI is InChI=1S/C17H23BrO/c1-12-9-16(12)17-8-7-15(19-17)10-14(11-18)13-5-3-2-4-6-13/h7-8,10,12-13,16H,2-6,9,11H2,1H3. The van der Waals surface area contributed by atoms with Gasteiger partial charge in [0.2, 0.25) is 0 Å². The van der Waals surface area contributed by atoms with Crippen molar-refractivity contribution in [1.82, 2.24) is 0 Å². The third-order valence-corrected chi connectivity index (χ3v) is 5.38. The minimum absolute atomic E-state index is 0.684. The van der Waals surface area contributed by atoms with Gasteiger partial charge in [0.25, 0.3) is 0 Å². The molecule has 1 nitrogen and oxygen atoms in total. The molecule has 1 aromatic heterocycles. The molecule has 2 aliphatic rings. The first-order valence-corrected chi connectivity index (χ1v) is 8.76. The summed E-state index contributed by atoms with van der Waals surface area (Å²) in [5.74, 6) is 4.51. The molecule has 1 aromatic rings. The van der Waals surface area contributed by atoms with Crippen LogP contribution in [0.15, 0.2) is 22.1 Å². The molecule has 0 radical (unpaired) electrons. The van der Waals surface area contributed by atoms with Gasteiger partial charge in [-0.3, -0.25) is 0 Å². The summed E-state index contributed by atoms with van der Waals surface area (Å²) in [7, 11) is 0. The van der Waals surface area contributed by atoms with Crippen LogP contribution in [-0.2, 0) is 0 Å². The Balaban J connectivity index is 1.72. The lowest BCUT2D eigenvalue weighted by molar-refractivity contribution is 0.405. The number of furan rings is 1. The molecular formula is C17H23BrO. The summed E-state index contributed by atoms with van der Waals surface area (Å²) in [5.41, 5.74) is 1.52. The zero-order valence-corrected chi connectivity index (χ0v) is 13.3. The Morgan fingerprint density at radius 2 is 2.05 bits per heavy atom. The molecule has 2 heteroatoms. The van der Waals surface area contributed by atoms with E-state index in [-0.39, 0.29) is 0 Å². The van der Waals surface area contributed by atoms with Gasteiger partial charge >= 0.3 is 0 Å². The smallest absolute Gasteiger partial charge is 0.127 e. The van der Waals surface area contributed by atoms with E-state index >= 15 is 0 Å². The highest BCUT2D eigenvalue weighted by atomic mass is 79.9. The van der Waals surface area contributed by atoms with Crippen LogP contribution in [0.25, 0.3) is 6.08 Å². The summed E-state index contributed by atoms with van der Waals surface area (Å²) in [4.78, 5) is 0. The number of rotatable bonds is 4. The Hall–Kier alpha value is -0.500. The first-order valence-electron chi connectivity index (χ1n) is 7.64. The molecule has 2 aliphatic carbocycles. The average molecular weight is 323 g/mol. The van der Waals surface area contributed by atoms with E-state index in [2.05, 4.69) is 41.1 Å². The molecule has 0 aromatic carbocycles. The second kappa shape index (κ2) is 5.87. The van der Waals surface area contributed by atoms with Crippen LogP contribution in [0, 0.1) is 11.8 Å². The minimum Gasteiger partial charge on any atom is -0.461 e. The topological polar surface area (TPSA) is 13.1 Å². The molecule has 0 bridgehead atoms. The Morgan fingerprint density at radius 1 is 1.32 bits per heavy atom. The Labute approximate surface area is 124 Å². The molecule has 3 rings (SSSR count). The highest BCUT2D eigenvalue weighted by Gasteiger charge is 2.36. The number of hydrogen-bond donors (Lipinski definition) is 0. The minimum atomic E-state index is 0.684. The van der Waals surface area contributed by atoms with E-state index in [9.17, 15) is 0 Å². The zero-order valence-electron chi connectivity index (χ0n) is 11.7. The molecule has 0 saturated heterocycles. The van der Waals surface area contributed by atoms with Crippen LogP contribution < -0.4 is 0 Å². The molecule has 2 unspecified atom stereocenters. The summed E-state index contributed by atoms with van der Waals surface area (Å²) < 4.78 is 6.00. The van der Waals surface area contributed by atoms with Crippen LogP contribution in [0.3, 0.4) is 0 Å². The van der Waals surface area contributed by atoms with E-state index in [0.717, 1.165) is 22.9 Å². The maximum Gasteiger partial charge on any atom is 0.127 e. The van der Waals surface area contributed by atoms with Crippen LogP contribution in [0.2, 0.25) is 0 Å². The molecule has 0 spiro atoms. The van der Waals surface area contributed by atoms with Gasteiger partial charge in [0.15, 0.2) is 0 Å². The predicted octanol–water partition coefficient (Wildman–Crippen LogP) is 5.76. The normalized spacial score (nSPS) is 28.6. The zero-order chi connectivity index (χ0) is 13.2. The summed E-state index contributed by atoms with van der Waals surface area (Å²) in [6.45, 7) is 2.30. The summed E-state index contributed by atoms with van der Waals surface area (Å²) in [6.07, 6.45) is 10.5. The summed E-state index contributed by atoms with van der Waals surface area (Å²) in [5, 5.41) is 0.980. The van der Waals surface area contributed by atoms with E-state index in [1.54, 1.807) is 0 Å². The van der Waals surface area contributed by atoms with Crippen LogP contribution in [0.4, 0.5) is 0 Å². The highest BCUT2D eigenvalue weighted by molar-refractivity contribution is 9.09. The maximum absolute atomic E-state index is 6.00. The first kappa shape index (κ1) is 13.5. The number of alkyl halides is 1. The molecule has 2 fully saturated rings. The van der Waals surface area contributed by atoms with Crippen molar-refractivity contribution in [2.24, 2.45) is 11.8 Å². The van der Waals surface area contributed by atoms with Crippen molar-refractivity contribution in [3.05, 3.63) is 29.2 Å². The molecule has 0 aliphatic heterocycles. The first-order chi connectivity index (χ1) is 9.28. The third-order valence-electron chi connectivity index (χ3n) is 4.73. The van der Waals surface area contributed by atoms with Gasteiger partial charge in [-0.15, -0.1) is 0 Å². The largest absolute Gasteiger partial charge is 0.461 e. The lowest BCUT2D eigenvalue weighted by Crippen LogP contribution is -2.09. The van der Waals surface area contributed by atoms with E-state index in [4.69, 9.17) is 4.42 Å². The van der Waals surface area contributed by atoms with Gasteiger partial charge in [0, 0.05) is 11.2 Å². The van der Waals surface area contributed by atoms with Crippen LogP contribution >= 0.6 is 15.9 Å². The fourth-order valence-corrected chi connectivity index (χ4v) is 3.91. The van der Waals surface area contributed by atoms with Crippen molar-refractivity contribution in [2.45, 2.75) is 51.4 Å². The quantitative estimate of drug-likeness (QED) is 0.642. The molecule has 2 atom stereocenters. The Morgan fingerprint density at radius 3 is 2.68 bits per heavy atom. The summed E-state index contributed by atoms with van der Waals surface area (Å²) >= 11 is 3.66. The van der Waals surface area contributed by atoms with Crippen LogP contribution in [-0.4, -0.2) is 5.33 Å². The van der Waals surface area contributed by atoms with E-state index in [0.29, 0.717) is 5.92 Å². The van der Waals surface area contributed by atoms with Crippen molar-refractivity contribution in [3.8, 4) is 0 Å². The highest BCUT2D eigenvalue weighted by Crippen LogP contribution is 2.47. The molecule has 1 heterocycles. The molecule has 19 heavy (non-hydrogen) atoms. The van der Waals surface area contributed by atoms with E-state index < -0.39 is 0 Å². The fourth-order valence-electron chi connectivity index (χ4n) is 3.29. The SMILES string of the molecule is CC1CC1c1ccc(C=C(CBr)C2CCCCC2)o1. The molecule has 2 saturated carbocycles. The Bertz CT molecular complexity index is 454. The van der Waals surface area contributed by atoms with Crippen LogP contribution in [0.5, 0.6) is 0 Å². The van der Waals surface area contributed by atoms with E-state index in [1.165, 1.54) is 49.9 Å². The second-order valence-electron chi connectivity index (χ2n) is 6.25. The molecule has 104 valence electrons. The van der Waals surface area contributed by atoms with Gasteiger partial charge in [-0.25, -0.2) is 0 Å². The average Bonchev–Trinajstić information content (AvgIpc) is 3.00. The second-order valence-corrected chi connectivity index (χ2v) is 6.81. The monoisotopic (exact) mass is 322 g/mol. The molecule has 0 amide bonds. The van der Waals surface area contributed by atoms with Crippen molar-refractivity contribution in [2.75, 3.05) is 5.33 Å². The van der Waals surface area contributed by atoms with Crippen molar-refractivity contribution in [3.63, 3.8) is 0 Å². The maximum atomic E-state index is 6.00. The van der Waals surface area contributed by atoms with E-state index in [1.807, 2.05) is 0 Å². The number of allylic oxidation sites excluding steroid dienone is 1. The van der Waals surface area contributed by atoms with Crippen molar-refractivity contribution >= 4 is 22.0 Å².